The molecule has 3 rings (SSSR count). The third-order valence-corrected chi connectivity index (χ3v) is 5.34. The van der Waals surface area contributed by atoms with E-state index in [1.54, 1.807) is 20.1 Å². The largest absolute Gasteiger partial charge is 0.497 e. The number of rotatable bonds is 6. The summed E-state index contributed by atoms with van der Waals surface area (Å²) in [5, 5.41) is 2.85. The second-order valence-corrected chi connectivity index (χ2v) is 7.74. The average molecular weight is 382 g/mol. The molecule has 1 saturated heterocycles. The van der Waals surface area contributed by atoms with Gasteiger partial charge in [0, 0.05) is 5.56 Å². The number of imide groups is 1. The van der Waals surface area contributed by atoms with Crippen LogP contribution >= 0.6 is 0 Å². The van der Waals surface area contributed by atoms with Crippen LogP contribution in [0.25, 0.3) is 0 Å². The quantitative estimate of drug-likeness (QED) is 0.749. The molecule has 1 fully saturated rings. The van der Waals surface area contributed by atoms with E-state index in [0.29, 0.717) is 18.0 Å². The fourth-order valence-corrected chi connectivity index (χ4v) is 3.67. The Kier molecular flexibility index (Phi) is 5.42. The lowest BCUT2D eigenvalue weighted by molar-refractivity contribution is -0.901. The van der Waals surface area contributed by atoms with Crippen molar-refractivity contribution in [3.05, 3.63) is 64.7 Å². The van der Waals surface area contributed by atoms with E-state index in [1.165, 1.54) is 21.6 Å². The van der Waals surface area contributed by atoms with Crippen molar-refractivity contribution in [2.24, 2.45) is 0 Å². The smallest absolute Gasteiger partial charge is 0.329 e. The molecule has 0 aliphatic carbocycles. The number of carbonyl (C=O) groups is 2. The maximum absolute atomic E-state index is 13.1. The summed E-state index contributed by atoms with van der Waals surface area (Å²) >= 11 is 0. The Morgan fingerprint density at radius 2 is 1.89 bits per heavy atom. The number of amides is 3. The van der Waals surface area contributed by atoms with Gasteiger partial charge in [-0.2, -0.15) is 0 Å². The highest BCUT2D eigenvalue weighted by Gasteiger charge is 2.50. The number of benzene rings is 2. The van der Waals surface area contributed by atoms with Crippen LogP contribution in [0.4, 0.5) is 4.79 Å². The van der Waals surface area contributed by atoms with Crippen LogP contribution in [0.15, 0.2) is 42.5 Å². The molecule has 3 amide bonds. The van der Waals surface area contributed by atoms with Crippen LogP contribution < -0.4 is 15.0 Å². The highest BCUT2D eigenvalue weighted by molar-refractivity contribution is 6.07. The third-order valence-electron chi connectivity index (χ3n) is 5.34. The third kappa shape index (κ3) is 3.73. The molecule has 0 bridgehead atoms. The predicted molar refractivity (Wildman–Crippen MR) is 107 cm³/mol. The second kappa shape index (κ2) is 7.64. The van der Waals surface area contributed by atoms with Crippen molar-refractivity contribution in [3.63, 3.8) is 0 Å². The monoisotopic (exact) mass is 382 g/mol. The number of carbonyl (C=O) groups excluding carboxylic acids is 2. The molecule has 2 aromatic carbocycles. The molecular weight excluding hydrogens is 354 g/mol. The molecule has 6 nitrogen and oxygen atoms in total. The van der Waals surface area contributed by atoms with Crippen LogP contribution in [-0.4, -0.2) is 37.7 Å². The lowest BCUT2D eigenvalue weighted by atomic mass is 9.92. The molecule has 2 atom stereocenters. The fraction of sp³-hybridized carbons (Fsp3) is 0.364. The van der Waals surface area contributed by atoms with Crippen molar-refractivity contribution < 1.29 is 19.2 Å². The second-order valence-electron chi connectivity index (χ2n) is 7.74. The van der Waals surface area contributed by atoms with Gasteiger partial charge in [-0.25, -0.2) is 9.69 Å². The van der Waals surface area contributed by atoms with Crippen LogP contribution in [0.2, 0.25) is 0 Å². The highest BCUT2D eigenvalue weighted by Crippen LogP contribution is 2.30. The Labute approximate surface area is 166 Å². The van der Waals surface area contributed by atoms with Crippen LogP contribution in [-0.2, 0) is 16.9 Å². The first kappa shape index (κ1) is 19.9. The molecule has 0 aromatic heterocycles. The van der Waals surface area contributed by atoms with Gasteiger partial charge >= 0.3 is 6.03 Å². The molecule has 2 aromatic rings. The minimum absolute atomic E-state index is 0.245. The number of nitrogens with one attached hydrogen (secondary N) is 2. The van der Waals surface area contributed by atoms with E-state index in [-0.39, 0.29) is 11.9 Å². The van der Waals surface area contributed by atoms with E-state index in [0.717, 1.165) is 11.4 Å². The minimum atomic E-state index is -1.09. The van der Waals surface area contributed by atoms with Crippen molar-refractivity contribution in [3.8, 4) is 5.75 Å². The summed E-state index contributed by atoms with van der Waals surface area (Å²) in [4.78, 5) is 28.1. The molecule has 1 heterocycles. The van der Waals surface area contributed by atoms with Gasteiger partial charge < -0.3 is 15.0 Å². The average Bonchev–Trinajstić information content (AvgIpc) is 2.88. The standard InChI is InChI=1S/C22H27N3O3/c1-15-9-10-17(16(2)11-15)13-24(4)14-25-20(26)22(3,23-21(25)27)18-7-6-8-19(12-18)28-5/h6-12H,13-14H2,1-5H3,(H,23,27)/p+1/t22-/m1/s1. The molecular formula is C22H28N3O3+. The Morgan fingerprint density at radius 3 is 2.57 bits per heavy atom. The lowest BCUT2D eigenvalue weighted by Gasteiger charge is -2.24. The first-order valence-electron chi connectivity index (χ1n) is 9.40. The molecule has 0 saturated carbocycles. The minimum Gasteiger partial charge on any atom is -0.497 e. The summed E-state index contributed by atoms with van der Waals surface area (Å²) < 4.78 is 5.26. The van der Waals surface area contributed by atoms with Gasteiger partial charge in [-0.15, -0.1) is 0 Å². The summed E-state index contributed by atoms with van der Waals surface area (Å²) in [5.74, 6) is 0.405. The first-order valence-corrected chi connectivity index (χ1v) is 9.40. The molecule has 28 heavy (non-hydrogen) atoms. The maximum atomic E-state index is 13.1. The highest BCUT2D eigenvalue weighted by atomic mass is 16.5. The number of urea groups is 1. The van der Waals surface area contributed by atoms with E-state index in [4.69, 9.17) is 4.74 Å². The molecule has 6 heteroatoms. The van der Waals surface area contributed by atoms with E-state index in [9.17, 15) is 9.59 Å². The van der Waals surface area contributed by atoms with Crippen molar-refractivity contribution in [2.45, 2.75) is 32.9 Å². The normalized spacial score (nSPS) is 20.2. The molecule has 1 aliphatic rings. The molecule has 148 valence electrons. The van der Waals surface area contributed by atoms with Gasteiger partial charge in [0.05, 0.1) is 14.2 Å². The summed E-state index contributed by atoms with van der Waals surface area (Å²) in [5.41, 5.74) is 3.27. The number of methoxy groups -OCH3 is 1. The van der Waals surface area contributed by atoms with E-state index < -0.39 is 5.54 Å². The number of hydrogen-bond donors (Lipinski definition) is 2. The molecule has 1 unspecified atom stereocenters. The molecule has 2 N–H and O–H groups in total. The predicted octanol–water partition coefficient (Wildman–Crippen LogP) is 1.75. The Balaban J connectivity index is 1.76. The number of ether oxygens (including phenoxy) is 1. The van der Waals surface area contributed by atoms with Crippen molar-refractivity contribution in [1.82, 2.24) is 10.2 Å². The Bertz CT molecular complexity index is 912. The van der Waals surface area contributed by atoms with E-state index >= 15 is 0 Å². The van der Waals surface area contributed by atoms with Gasteiger partial charge in [0.2, 0.25) is 0 Å². The van der Waals surface area contributed by atoms with E-state index in [1.807, 2.05) is 25.2 Å². The molecule has 0 spiro atoms. The van der Waals surface area contributed by atoms with Gasteiger partial charge in [-0.3, -0.25) is 4.79 Å². The summed E-state index contributed by atoms with van der Waals surface area (Å²) in [6, 6.07) is 13.2. The zero-order valence-corrected chi connectivity index (χ0v) is 17.1. The van der Waals surface area contributed by atoms with Crippen LogP contribution in [0.1, 0.15) is 29.2 Å². The van der Waals surface area contributed by atoms with E-state index in [2.05, 4.69) is 37.4 Å². The Hall–Kier alpha value is -2.86. The van der Waals surface area contributed by atoms with Gasteiger partial charge in [0.15, 0.2) is 6.67 Å². The Morgan fingerprint density at radius 1 is 1.14 bits per heavy atom. The lowest BCUT2D eigenvalue weighted by Crippen LogP contribution is -3.09. The van der Waals surface area contributed by atoms with Crippen LogP contribution in [0, 0.1) is 13.8 Å². The maximum Gasteiger partial charge on any atom is 0.329 e. The van der Waals surface area contributed by atoms with Crippen molar-refractivity contribution >= 4 is 11.9 Å². The molecule has 0 radical (unpaired) electrons. The zero-order chi connectivity index (χ0) is 20.5. The van der Waals surface area contributed by atoms with Crippen molar-refractivity contribution in [2.75, 3.05) is 20.8 Å². The number of quaternary nitrogens is 1. The van der Waals surface area contributed by atoms with Crippen LogP contribution in [0.3, 0.4) is 0 Å². The number of hydrogen-bond acceptors (Lipinski definition) is 3. The number of nitrogens with zero attached hydrogens (tertiary/aromatic N) is 1. The SMILES string of the molecule is COc1cccc([C@@]2(C)NC(=O)N(C[NH+](C)Cc3ccc(C)cc3C)C2=O)c1. The summed E-state index contributed by atoms with van der Waals surface area (Å²) in [6.07, 6.45) is 0. The van der Waals surface area contributed by atoms with Gasteiger partial charge in [-0.05, 0) is 44.0 Å². The zero-order valence-electron chi connectivity index (χ0n) is 17.1. The summed E-state index contributed by atoms with van der Waals surface area (Å²) in [6.45, 7) is 6.93. The fourth-order valence-electron chi connectivity index (χ4n) is 3.67. The van der Waals surface area contributed by atoms with Crippen molar-refractivity contribution in [1.29, 1.82) is 0 Å². The number of aryl methyl sites for hydroxylation is 2. The molecule has 1 aliphatic heterocycles. The van der Waals surface area contributed by atoms with Gasteiger partial charge in [-0.1, -0.05) is 35.9 Å². The van der Waals surface area contributed by atoms with Gasteiger partial charge in [0.1, 0.15) is 17.8 Å². The van der Waals surface area contributed by atoms with Crippen LogP contribution in [0.5, 0.6) is 5.75 Å². The first-order chi connectivity index (χ1) is 13.2. The summed E-state index contributed by atoms with van der Waals surface area (Å²) in [7, 11) is 3.56. The van der Waals surface area contributed by atoms with Gasteiger partial charge in [0.25, 0.3) is 5.91 Å². The topological polar surface area (TPSA) is 63.1 Å².